The lowest BCUT2D eigenvalue weighted by Gasteiger charge is -2.28. The van der Waals surface area contributed by atoms with Crippen LogP contribution in [-0.2, 0) is 11.8 Å². The molecule has 3 N–H and O–H groups in total. The van der Waals surface area contributed by atoms with E-state index >= 15 is 0 Å². The molecule has 8 nitrogen and oxygen atoms in total. The number of aryl methyl sites for hydroxylation is 2. The second kappa shape index (κ2) is 7.47. The minimum Gasteiger partial charge on any atom is -0.378 e. The van der Waals surface area contributed by atoms with Gasteiger partial charge in [0, 0.05) is 48.8 Å². The molecule has 1 aromatic carbocycles. The first-order valence-corrected chi connectivity index (χ1v) is 9.36. The van der Waals surface area contributed by atoms with Gasteiger partial charge in [-0.1, -0.05) is 0 Å². The highest BCUT2D eigenvalue weighted by Crippen LogP contribution is 2.28. The molecule has 0 spiro atoms. The molecule has 3 aromatic rings. The molecule has 146 valence electrons. The van der Waals surface area contributed by atoms with E-state index in [0.717, 1.165) is 54.6 Å². The molecule has 8 heteroatoms. The number of nitrogens with zero attached hydrogens (tertiary/aromatic N) is 5. The van der Waals surface area contributed by atoms with E-state index in [1.165, 1.54) is 5.69 Å². The van der Waals surface area contributed by atoms with Crippen LogP contribution in [0.2, 0.25) is 0 Å². The van der Waals surface area contributed by atoms with E-state index in [1.807, 2.05) is 43.8 Å². The quantitative estimate of drug-likeness (QED) is 0.720. The molecule has 1 aliphatic rings. The van der Waals surface area contributed by atoms with Gasteiger partial charge in [0.2, 0.25) is 5.95 Å². The molecular formula is C20H25N7O. The molecule has 0 bridgehead atoms. The first-order chi connectivity index (χ1) is 13.5. The van der Waals surface area contributed by atoms with Crippen LogP contribution in [0.4, 0.5) is 23.1 Å². The van der Waals surface area contributed by atoms with Crippen molar-refractivity contribution in [3.63, 3.8) is 0 Å². The summed E-state index contributed by atoms with van der Waals surface area (Å²) in [6.07, 6.45) is 0. The summed E-state index contributed by atoms with van der Waals surface area (Å²) in [5.41, 5.74) is 11.8. The molecular weight excluding hydrogens is 354 g/mol. The van der Waals surface area contributed by atoms with E-state index < -0.39 is 0 Å². The second-order valence-corrected chi connectivity index (χ2v) is 6.94. The first kappa shape index (κ1) is 18.2. The van der Waals surface area contributed by atoms with Gasteiger partial charge in [0.15, 0.2) is 0 Å². The van der Waals surface area contributed by atoms with Crippen molar-refractivity contribution in [2.75, 3.05) is 42.3 Å². The number of anilines is 4. The van der Waals surface area contributed by atoms with Crippen LogP contribution in [0, 0.1) is 13.8 Å². The van der Waals surface area contributed by atoms with Gasteiger partial charge in [-0.2, -0.15) is 10.1 Å². The van der Waals surface area contributed by atoms with Crippen molar-refractivity contribution >= 4 is 23.1 Å². The first-order valence-electron chi connectivity index (χ1n) is 9.36. The molecule has 2 aromatic heterocycles. The minimum absolute atomic E-state index is 0.229. The lowest BCUT2D eigenvalue weighted by molar-refractivity contribution is 0.122. The number of nitrogens with one attached hydrogen (secondary N) is 1. The Morgan fingerprint density at radius 3 is 2.43 bits per heavy atom. The van der Waals surface area contributed by atoms with Gasteiger partial charge in [-0.15, -0.1) is 0 Å². The lowest BCUT2D eigenvalue weighted by Crippen LogP contribution is -2.36. The van der Waals surface area contributed by atoms with Crippen molar-refractivity contribution in [1.29, 1.82) is 0 Å². The number of rotatable bonds is 4. The third-order valence-electron chi connectivity index (χ3n) is 5.02. The standard InChI is InChI=1S/C20H25N7O/c1-13-19(14(2)26(3)25-13)17-12-18(24-20(21)23-17)22-15-4-6-16(7-5-15)27-8-10-28-11-9-27/h4-7,12H,8-11H2,1-3H3,(H3,21,22,23,24). The number of benzene rings is 1. The number of morpholine rings is 1. The van der Waals surface area contributed by atoms with E-state index in [-0.39, 0.29) is 5.95 Å². The molecule has 1 fully saturated rings. The number of ether oxygens (including phenoxy) is 1. The molecule has 0 unspecified atom stereocenters. The van der Waals surface area contributed by atoms with Gasteiger partial charge in [0.1, 0.15) is 5.82 Å². The Morgan fingerprint density at radius 1 is 1.07 bits per heavy atom. The average Bonchev–Trinajstić information content (AvgIpc) is 2.94. The average molecular weight is 379 g/mol. The Morgan fingerprint density at radius 2 is 1.79 bits per heavy atom. The van der Waals surface area contributed by atoms with Crippen LogP contribution < -0.4 is 16.0 Å². The van der Waals surface area contributed by atoms with Crippen molar-refractivity contribution in [3.8, 4) is 11.3 Å². The van der Waals surface area contributed by atoms with Crippen molar-refractivity contribution < 1.29 is 4.74 Å². The van der Waals surface area contributed by atoms with Crippen LogP contribution in [0.15, 0.2) is 30.3 Å². The van der Waals surface area contributed by atoms with Crippen molar-refractivity contribution in [3.05, 3.63) is 41.7 Å². The number of hydrogen-bond acceptors (Lipinski definition) is 7. The van der Waals surface area contributed by atoms with E-state index in [0.29, 0.717) is 5.82 Å². The third-order valence-corrected chi connectivity index (χ3v) is 5.02. The topological polar surface area (TPSA) is 94.1 Å². The van der Waals surface area contributed by atoms with Crippen LogP contribution in [-0.4, -0.2) is 46.1 Å². The Labute approximate surface area is 164 Å². The van der Waals surface area contributed by atoms with Gasteiger partial charge in [0.05, 0.1) is 24.6 Å². The summed E-state index contributed by atoms with van der Waals surface area (Å²) in [7, 11) is 1.92. The molecule has 1 saturated heterocycles. The predicted octanol–water partition coefficient (Wildman–Crippen LogP) is 2.66. The highest BCUT2D eigenvalue weighted by atomic mass is 16.5. The normalized spacial score (nSPS) is 14.3. The smallest absolute Gasteiger partial charge is 0.222 e. The molecule has 0 saturated carbocycles. The maximum absolute atomic E-state index is 5.97. The molecule has 3 heterocycles. The predicted molar refractivity (Wildman–Crippen MR) is 111 cm³/mol. The van der Waals surface area contributed by atoms with E-state index in [1.54, 1.807) is 0 Å². The maximum Gasteiger partial charge on any atom is 0.222 e. The van der Waals surface area contributed by atoms with Gasteiger partial charge < -0.3 is 20.7 Å². The summed E-state index contributed by atoms with van der Waals surface area (Å²) < 4.78 is 7.26. The fourth-order valence-corrected chi connectivity index (χ4v) is 3.53. The van der Waals surface area contributed by atoms with Gasteiger partial charge in [-0.25, -0.2) is 4.98 Å². The number of hydrogen-bond donors (Lipinski definition) is 2. The SMILES string of the molecule is Cc1nn(C)c(C)c1-c1cc(Nc2ccc(N3CCOCC3)cc2)nc(N)n1. The Balaban J connectivity index is 1.57. The molecule has 0 aliphatic carbocycles. The number of aromatic nitrogens is 4. The monoisotopic (exact) mass is 379 g/mol. The van der Waals surface area contributed by atoms with Gasteiger partial charge >= 0.3 is 0 Å². The summed E-state index contributed by atoms with van der Waals surface area (Å²) >= 11 is 0. The summed E-state index contributed by atoms with van der Waals surface area (Å²) in [6.45, 7) is 7.38. The Kier molecular flexibility index (Phi) is 4.87. The second-order valence-electron chi connectivity index (χ2n) is 6.94. The Bertz CT molecular complexity index is 975. The van der Waals surface area contributed by atoms with E-state index in [2.05, 4.69) is 37.4 Å². The molecule has 1 aliphatic heterocycles. The van der Waals surface area contributed by atoms with Gasteiger partial charge in [0.25, 0.3) is 0 Å². The highest BCUT2D eigenvalue weighted by Gasteiger charge is 2.15. The fraction of sp³-hybridized carbons (Fsp3) is 0.350. The molecule has 0 atom stereocenters. The van der Waals surface area contributed by atoms with Crippen LogP contribution in [0.25, 0.3) is 11.3 Å². The van der Waals surface area contributed by atoms with E-state index in [4.69, 9.17) is 10.5 Å². The van der Waals surface area contributed by atoms with Crippen LogP contribution in [0.3, 0.4) is 0 Å². The van der Waals surface area contributed by atoms with Crippen molar-refractivity contribution in [1.82, 2.24) is 19.7 Å². The maximum atomic E-state index is 5.97. The number of nitrogen functional groups attached to an aromatic ring is 1. The number of nitrogens with two attached hydrogens (primary N) is 1. The van der Waals surface area contributed by atoms with Crippen molar-refractivity contribution in [2.24, 2.45) is 7.05 Å². The minimum atomic E-state index is 0.229. The zero-order valence-corrected chi connectivity index (χ0v) is 16.4. The largest absolute Gasteiger partial charge is 0.378 e. The summed E-state index contributed by atoms with van der Waals surface area (Å²) in [4.78, 5) is 11.1. The zero-order chi connectivity index (χ0) is 19.7. The lowest BCUT2D eigenvalue weighted by atomic mass is 10.1. The van der Waals surface area contributed by atoms with Gasteiger partial charge in [-0.05, 0) is 38.1 Å². The molecule has 0 radical (unpaired) electrons. The van der Waals surface area contributed by atoms with Crippen molar-refractivity contribution in [2.45, 2.75) is 13.8 Å². The van der Waals surface area contributed by atoms with E-state index in [9.17, 15) is 0 Å². The molecule has 4 rings (SSSR count). The van der Waals surface area contributed by atoms with Crippen LogP contribution >= 0.6 is 0 Å². The zero-order valence-electron chi connectivity index (χ0n) is 16.4. The fourth-order valence-electron chi connectivity index (χ4n) is 3.53. The molecule has 28 heavy (non-hydrogen) atoms. The summed E-state index contributed by atoms with van der Waals surface area (Å²) in [6, 6.07) is 10.2. The third kappa shape index (κ3) is 3.63. The summed E-state index contributed by atoms with van der Waals surface area (Å²) in [5, 5.41) is 7.80. The van der Waals surface area contributed by atoms with Crippen LogP contribution in [0.5, 0.6) is 0 Å². The van der Waals surface area contributed by atoms with Crippen LogP contribution in [0.1, 0.15) is 11.4 Å². The molecule has 0 amide bonds. The summed E-state index contributed by atoms with van der Waals surface area (Å²) in [5.74, 6) is 0.886. The Hall–Kier alpha value is -3.13. The van der Waals surface area contributed by atoms with Gasteiger partial charge in [-0.3, -0.25) is 4.68 Å². The highest BCUT2D eigenvalue weighted by molar-refractivity contribution is 5.70.